The normalized spacial score (nSPS) is 11.4. The maximum absolute atomic E-state index is 6.93. The van der Waals surface area contributed by atoms with E-state index in [1.807, 2.05) is 0 Å². The van der Waals surface area contributed by atoms with Gasteiger partial charge in [0, 0.05) is 16.7 Å². The molecule has 8 nitrogen and oxygen atoms in total. The molecule has 8 heteroatoms. The fraction of sp³-hybridized carbons (Fsp3) is 0.732. The van der Waals surface area contributed by atoms with E-state index in [1.54, 1.807) is 0 Å². The van der Waals surface area contributed by atoms with Crippen molar-refractivity contribution in [1.82, 2.24) is 9.97 Å². The fourth-order valence-corrected chi connectivity index (χ4v) is 12.1. The van der Waals surface area contributed by atoms with Crippen molar-refractivity contribution in [3.05, 3.63) is 60.7 Å². The van der Waals surface area contributed by atoms with Crippen molar-refractivity contribution in [2.45, 2.75) is 350 Å². The summed E-state index contributed by atoms with van der Waals surface area (Å²) in [6.07, 6.45) is 59.5. The Kier molecular flexibility index (Phi) is 47.7. The van der Waals surface area contributed by atoms with Gasteiger partial charge in [0.25, 0.3) is 0 Å². The highest BCUT2D eigenvalue weighted by atomic mass is 16.5. The van der Waals surface area contributed by atoms with Crippen LogP contribution in [0.2, 0.25) is 0 Å². The lowest BCUT2D eigenvalue weighted by Crippen LogP contribution is -2.08. The van der Waals surface area contributed by atoms with E-state index in [0.29, 0.717) is 62.7 Å². The fourth-order valence-electron chi connectivity index (χ4n) is 12.1. The minimum atomic E-state index is 0.604. The third-order valence-electron chi connectivity index (χ3n) is 17.9. The molecule has 4 aromatic rings. The third kappa shape index (κ3) is 36.1. The molecule has 0 aliphatic carbocycles. The van der Waals surface area contributed by atoms with Crippen LogP contribution in [0.25, 0.3) is 33.9 Å². The van der Waals surface area contributed by atoms with Crippen molar-refractivity contribution in [1.29, 1.82) is 0 Å². The largest absolute Gasteiger partial charge is 0.490 e. The minimum absolute atomic E-state index is 0.604. The number of nitrogens with zero attached hydrogens (tertiary/aromatic N) is 2. The maximum Gasteiger partial charge on any atom is 0.203 e. The molecule has 0 amide bonds. The number of benzene rings is 3. The molecule has 0 saturated carbocycles. The van der Waals surface area contributed by atoms with E-state index in [1.165, 1.54) is 231 Å². The van der Waals surface area contributed by atoms with Gasteiger partial charge in [-0.3, -0.25) is 0 Å². The summed E-state index contributed by atoms with van der Waals surface area (Å²) in [4.78, 5) is 11.0. The summed E-state index contributed by atoms with van der Waals surface area (Å²) in [7, 11) is 0. The van der Waals surface area contributed by atoms with Crippen LogP contribution in [0.4, 0.5) is 0 Å². The summed E-state index contributed by atoms with van der Waals surface area (Å²) < 4.78 is 41.5. The first-order chi connectivity index (χ1) is 44.6. The van der Waals surface area contributed by atoms with E-state index in [-0.39, 0.29) is 0 Å². The Morgan fingerprint density at radius 1 is 0.222 bits per heavy atom. The summed E-state index contributed by atoms with van der Waals surface area (Å²) in [5.41, 5.74) is 4.40. The van der Waals surface area contributed by atoms with Gasteiger partial charge in [-0.15, -0.1) is 0 Å². The van der Waals surface area contributed by atoms with Gasteiger partial charge in [0.05, 0.1) is 51.0 Å². The zero-order valence-corrected chi connectivity index (χ0v) is 59.3. The van der Waals surface area contributed by atoms with Crippen molar-refractivity contribution in [2.75, 3.05) is 39.6 Å². The van der Waals surface area contributed by atoms with E-state index in [4.69, 9.17) is 38.4 Å². The first-order valence-corrected chi connectivity index (χ1v) is 38.6. The summed E-state index contributed by atoms with van der Waals surface area (Å²) in [6, 6.07) is 21.3. The summed E-state index contributed by atoms with van der Waals surface area (Å²) in [6.45, 7) is 17.4. The number of hydrogen-bond acceptors (Lipinski definition) is 8. The van der Waals surface area contributed by atoms with Crippen molar-refractivity contribution >= 4 is 0 Å². The molecule has 1 heterocycles. The van der Waals surface area contributed by atoms with Crippen LogP contribution >= 0.6 is 0 Å². The van der Waals surface area contributed by atoms with Gasteiger partial charge in [0.15, 0.2) is 28.8 Å². The minimum Gasteiger partial charge on any atom is -0.490 e. The van der Waals surface area contributed by atoms with E-state index in [0.717, 1.165) is 122 Å². The van der Waals surface area contributed by atoms with Crippen LogP contribution in [0, 0.1) is 0 Å². The standard InChI is InChI=1S/C82H136N2O6/c1-7-13-19-25-31-37-43-52-60-85-76-66-72(67-77(86-61-53-44-38-32-26-20-14-8-2)80(76)89-64-56-47-41-35-29-23-17-11-5)75-70-74(71-58-50-49-51-59-71)83-82(84-75)73-68-78(87-62-54-45-39-33-27-21-15-9-3)81(90-65-57-48-42-36-30-24-18-12-6)79(69-73)88-63-55-46-40-34-28-22-16-10-4/h49-51,58-59,66-70H,7-48,52-57,60-65H2,1-6H3. The number of unbranched alkanes of at least 4 members (excludes halogenated alkanes) is 42. The number of ether oxygens (including phenoxy) is 6. The molecule has 0 aliphatic heterocycles. The molecule has 0 fully saturated rings. The smallest absolute Gasteiger partial charge is 0.203 e. The lowest BCUT2D eigenvalue weighted by atomic mass is 10.0. The highest BCUT2D eigenvalue weighted by molar-refractivity contribution is 5.76. The predicted molar refractivity (Wildman–Crippen MR) is 387 cm³/mol. The Hall–Kier alpha value is -4.46. The molecular formula is C82H136N2O6. The molecule has 0 unspecified atom stereocenters. The van der Waals surface area contributed by atoms with Crippen molar-refractivity contribution in [3.63, 3.8) is 0 Å². The number of aromatic nitrogens is 2. The van der Waals surface area contributed by atoms with Gasteiger partial charge in [-0.1, -0.05) is 342 Å². The molecule has 0 saturated heterocycles. The molecule has 90 heavy (non-hydrogen) atoms. The Bertz CT molecular complexity index is 2060. The SMILES string of the molecule is CCCCCCCCCCOc1cc(-c2cc(-c3ccccc3)nc(-c3cc(OCCCCCCCCCC)c(OCCCCCCCCCC)c(OCCCCCCCCCC)c3)n2)cc(OCCCCCCCCCC)c1OCCCCCCCCCC. The summed E-state index contributed by atoms with van der Waals surface area (Å²) in [5, 5.41) is 0. The average molecular weight is 1250 g/mol. The molecule has 3 aromatic carbocycles. The predicted octanol–water partition coefficient (Wildman–Crippen LogP) is 26.6. The van der Waals surface area contributed by atoms with Crippen LogP contribution in [0.15, 0.2) is 60.7 Å². The highest BCUT2D eigenvalue weighted by Crippen LogP contribution is 2.45. The van der Waals surface area contributed by atoms with Crippen LogP contribution < -0.4 is 28.4 Å². The molecule has 0 aliphatic rings. The van der Waals surface area contributed by atoms with Gasteiger partial charge in [0.1, 0.15) is 0 Å². The van der Waals surface area contributed by atoms with Crippen LogP contribution in [-0.2, 0) is 0 Å². The molecular weight excluding hydrogens is 1110 g/mol. The van der Waals surface area contributed by atoms with Gasteiger partial charge in [0.2, 0.25) is 11.5 Å². The number of hydrogen-bond donors (Lipinski definition) is 0. The monoisotopic (exact) mass is 1250 g/mol. The Balaban J connectivity index is 1.82. The second-order valence-electron chi connectivity index (χ2n) is 26.4. The first-order valence-electron chi connectivity index (χ1n) is 38.6. The first kappa shape index (κ1) is 78.0. The molecule has 0 N–H and O–H groups in total. The molecule has 0 spiro atoms. The van der Waals surface area contributed by atoms with Gasteiger partial charge in [-0.05, 0) is 68.9 Å². The van der Waals surface area contributed by atoms with Gasteiger partial charge in [-0.2, -0.15) is 0 Å². The van der Waals surface area contributed by atoms with Crippen LogP contribution in [0.3, 0.4) is 0 Å². The summed E-state index contributed by atoms with van der Waals surface area (Å²) >= 11 is 0. The second kappa shape index (κ2) is 55.0. The molecule has 1 aromatic heterocycles. The Morgan fingerprint density at radius 3 is 0.711 bits per heavy atom. The molecule has 4 rings (SSSR count). The Labute approximate surface area is 554 Å². The van der Waals surface area contributed by atoms with E-state index in [9.17, 15) is 0 Å². The lowest BCUT2D eigenvalue weighted by Gasteiger charge is -2.20. The van der Waals surface area contributed by atoms with E-state index >= 15 is 0 Å². The van der Waals surface area contributed by atoms with Crippen LogP contribution in [-0.4, -0.2) is 49.6 Å². The molecule has 0 atom stereocenters. The van der Waals surface area contributed by atoms with Gasteiger partial charge in [-0.25, -0.2) is 9.97 Å². The Morgan fingerprint density at radius 2 is 0.444 bits per heavy atom. The highest BCUT2D eigenvalue weighted by Gasteiger charge is 2.23. The van der Waals surface area contributed by atoms with Gasteiger partial charge >= 0.3 is 0 Å². The zero-order chi connectivity index (χ0) is 63.8. The second-order valence-corrected chi connectivity index (χ2v) is 26.4. The maximum atomic E-state index is 6.93. The third-order valence-corrected chi connectivity index (χ3v) is 17.9. The quantitative estimate of drug-likeness (QED) is 0.0405. The molecule has 510 valence electrons. The summed E-state index contributed by atoms with van der Waals surface area (Å²) in [5.74, 6) is 4.91. The zero-order valence-electron chi connectivity index (χ0n) is 59.3. The van der Waals surface area contributed by atoms with Crippen molar-refractivity contribution in [2.24, 2.45) is 0 Å². The lowest BCUT2D eigenvalue weighted by molar-refractivity contribution is 0.234. The van der Waals surface area contributed by atoms with E-state index < -0.39 is 0 Å². The van der Waals surface area contributed by atoms with Gasteiger partial charge < -0.3 is 28.4 Å². The van der Waals surface area contributed by atoms with Crippen LogP contribution in [0.5, 0.6) is 34.5 Å². The van der Waals surface area contributed by atoms with Crippen LogP contribution in [0.1, 0.15) is 350 Å². The average Bonchev–Trinajstić information content (AvgIpc) is 0.977. The van der Waals surface area contributed by atoms with Crippen molar-refractivity contribution < 1.29 is 28.4 Å². The topological polar surface area (TPSA) is 81.2 Å². The van der Waals surface area contributed by atoms with Crippen molar-refractivity contribution in [3.8, 4) is 68.4 Å². The molecule has 0 bridgehead atoms. The molecule has 0 radical (unpaired) electrons. The van der Waals surface area contributed by atoms with E-state index in [2.05, 4.69) is 102 Å². The number of rotatable bonds is 63.